The molecule has 0 aliphatic carbocycles. The van der Waals surface area contributed by atoms with Crippen molar-refractivity contribution in [1.82, 2.24) is 4.98 Å². The summed E-state index contributed by atoms with van der Waals surface area (Å²) in [7, 11) is 1.63. The lowest BCUT2D eigenvalue weighted by Crippen LogP contribution is -1.99. The Hall–Kier alpha value is -1.49. The fourth-order valence-electron chi connectivity index (χ4n) is 2.42. The van der Waals surface area contributed by atoms with Crippen molar-refractivity contribution >= 4 is 45.2 Å². The lowest BCUT2D eigenvalue weighted by Gasteiger charge is -2.12. The van der Waals surface area contributed by atoms with Crippen LogP contribution in [-0.4, -0.2) is 24.4 Å². The van der Waals surface area contributed by atoms with Crippen LogP contribution in [0.4, 0.5) is 0 Å². The number of nitrogens with zero attached hydrogens (tertiary/aromatic N) is 1. The maximum Gasteiger partial charge on any atom is 0.138 e. The van der Waals surface area contributed by atoms with Gasteiger partial charge in [-0.1, -0.05) is 29.8 Å². The number of pyridine rings is 1. The third-order valence-corrected chi connectivity index (χ3v) is 5.02. The predicted octanol–water partition coefficient (Wildman–Crippen LogP) is 4.49. The SMILES string of the molecule is COc1cc2c(SCCCN)c3ccccc3nc2cc1Cl. The van der Waals surface area contributed by atoms with Gasteiger partial charge in [0.15, 0.2) is 0 Å². The van der Waals surface area contributed by atoms with E-state index in [9.17, 15) is 0 Å². The minimum atomic E-state index is 0.579. The molecule has 3 nitrogen and oxygen atoms in total. The van der Waals surface area contributed by atoms with Crippen LogP contribution in [0.2, 0.25) is 5.02 Å². The number of thioether (sulfide) groups is 1. The summed E-state index contributed by atoms with van der Waals surface area (Å²) in [4.78, 5) is 5.94. The Morgan fingerprint density at radius 2 is 2.00 bits per heavy atom. The second-order valence-corrected chi connectivity index (χ2v) is 6.47. The van der Waals surface area contributed by atoms with Crippen molar-refractivity contribution in [2.75, 3.05) is 19.4 Å². The number of ether oxygens (including phenoxy) is 1. The molecule has 0 atom stereocenters. The van der Waals surface area contributed by atoms with E-state index in [4.69, 9.17) is 27.1 Å². The van der Waals surface area contributed by atoms with Gasteiger partial charge >= 0.3 is 0 Å². The summed E-state index contributed by atoms with van der Waals surface area (Å²) in [5, 5.41) is 2.80. The molecule has 0 aliphatic rings. The van der Waals surface area contributed by atoms with Crippen LogP contribution < -0.4 is 10.5 Å². The molecule has 22 heavy (non-hydrogen) atoms. The molecular formula is C17H17ClN2OS. The highest BCUT2D eigenvalue weighted by molar-refractivity contribution is 7.99. The molecule has 0 spiro atoms. The van der Waals surface area contributed by atoms with Crippen molar-refractivity contribution in [1.29, 1.82) is 0 Å². The largest absolute Gasteiger partial charge is 0.495 e. The smallest absolute Gasteiger partial charge is 0.138 e. The topological polar surface area (TPSA) is 48.1 Å². The van der Waals surface area contributed by atoms with Crippen molar-refractivity contribution in [3.63, 3.8) is 0 Å². The van der Waals surface area contributed by atoms with Crippen LogP contribution in [0.25, 0.3) is 21.8 Å². The monoisotopic (exact) mass is 332 g/mol. The minimum Gasteiger partial charge on any atom is -0.495 e. The maximum absolute atomic E-state index is 6.25. The summed E-state index contributed by atoms with van der Waals surface area (Å²) in [6.07, 6.45) is 0.980. The van der Waals surface area contributed by atoms with Gasteiger partial charge < -0.3 is 10.5 Å². The molecular weight excluding hydrogens is 316 g/mol. The Morgan fingerprint density at radius 1 is 1.18 bits per heavy atom. The molecule has 0 saturated carbocycles. The third kappa shape index (κ3) is 2.86. The Morgan fingerprint density at radius 3 is 2.77 bits per heavy atom. The van der Waals surface area contributed by atoms with Crippen molar-refractivity contribution in [3.05, 3.63) is 41.4 Å². The number of hydrogen-bond acceptors (Lipinski definition) is 4. The van der Waals surface area contributed by atoms with Gasteiger partial charge in [0.1, 0.15) is 5.75 Å². The first-order valence-electron chi connectivity index (χ1n) is 7.13. The van der Waals surface area contributed by atoms with Gasteiger partial charge in [-0.15, -0.1) is 11.8 Å². The molecule has 1 heterocycles. The highest BCUT2D eigenvalue weighted by Gasteiger charge is 2.12. The van der Waals surface area contributed by atoms with Crippen LogP contribution in [0.3, 0.4) is 0 Å². The van der Waals surface area contributed by atoms with E-state index in [1.807, 2.05) is 42.1 Å². The van der Waals surface area contributed by atoms with Crippen molar-refractivity contribution in [2.45, 2.75) is 11.3 Å². The lowest BCUT2D eigenvalue weighted by molar-refractivity contribution is 0.415. The lowest BCUT2D eigenvalue weighted by atomic mass is 10.1. The quantitative estimate of drug-likeness (QED) is 0.425. The Balaban J connectivity index is 2.26. The molecule has 0 fully saturated rings. The average Bonchev–Trinajstić information content (AvgIpc) is 2.54. The highest BCUT2D eigenvalue weighted by atomic mass is 35.5. The second-order valence-electron chi connectivity index (χ2n) is 4.95. The van der Waals surface area contributed by atoms with Crippen LogP contribution in [0, 0.1) is 0 Å². The van der Waals surface area contributed by atoms with E-state index in [0.29, 0.717) is 17.3 Å². The van der Waals surface area contributed by atoms with Crippen LogP contribution >= 0.6 is 23.4 Å². The van der Waals surface area contributed by atoms with Crippen molar-refractivity contribution in [3.8, 4) is 5.75 Å². The van der Waals surface area contributed by atoms with Crippen LogP contribution in [-0.2, 0) is 0 Å². The van der Waals surface area contributed by atoms with Crippen LogP contribution in [0.15, 0.2) is 41.3 Å². The highest BCUT2D eigenvalue weighted by Crippen LogP contribution is 2.38. The fourth-order valence-corrected chi connectivity index (χ4v) is 3.82. The number of nitrogens with two attached hydrogens (primary N) is 1. The van der Waals surface area contributed by atoms with E-state index in [1.54, 1.807) is 7.11 Å². The Labute approximate surface area is 138 Å². The summed E-state index contributed by atoms with van der Waals surface area (Å²) >= 11 is 8.06. The minimum absolute atomic E-state index is 0.579. The Bertz CT molecular complexity index is 822. The average molecular weight is 333 g/mol. The molecule has 1 aromatic heterocycles. The maximum atomic E-state index is 6.25. The van der Waals surface area contributed by atoms with Crippen LogP contribution in [0.1, 0.15) is 6.42 Å². The van der Waals surface area contributed by atoms with E-state index in [2.05, 4.69) is 6.07 Å². The number of rotatable bonds is 5. The fraction of sp³-hybridized carbons (Fsp3) is 0.235. The molecule has 0 saturated heterocycles. The number of hydrogen-bond donors (Lipinski definition) is 1. The molecule has 0 bridgehead atoms. The second kappa shape index (κ2) is 6.73. The van der Waals surface area contributed by atoms with E-state index in [1.165, 1.54) is 4.90 Å². The zero-order valence-corrected chi connectivity index (χ0v) is 13.9. The molecule has 2 N–H and O–H groups in total. The first kappa shape index (κ1) is 15.4. The molecule has 3 aromatic rings. The summed E-state index contributed by atoms with van der Waals surface area (Å²) < 4.78 is 5.36. The molecule has 114 valence electrons. The van der Waals surface area contributed by atoms with E-state index < -0.39 is 0 Å². The summed E-state index contributed by atoms with van der Waals surface area (Å²) in [5.41, 5.74) is 7.49. The van der Waals surface area contributed by atoms with Gasteiger partial charge in [0.05, 0.1) is 23.2 Å². The predicted molar refractivity (Wildman–Crippen MR) is 95.2 cm³/mol. The number of methoxy groups -OCH3 is 1. The summed E-state index contributed by atoms with van der Waals surface area (Å²) in [6, 6.07) is 12.0. The number of benzene rings is 2. The van der Waals surface area contributed by atoms with E-state index >= 15 is 0 Å². The van der Waals surface area contributed by atoms with Gasteiger partial charge in [0.25, 0.3) is 0 Å². The first-order valence-corrected chi connectivity index (χ1v) is 8.50. The molecule has 5 heteroatoms. The zero-order chi connectivity index (χ0) is 15.5. The molecule has 0 aliphatic heterocycles. The Kier molecular flexibility index (Phi) is 4.71. The first-order chi connectivity index (χ1) is 10.7. The number of halogens is 1. The van der Waals surface area contributed by atoms with Gasteiger partial charge in [-0.3, -0.25) is 0 Å². The van der Waals surface area contributed by atoms with Gasteiger partial charge in [0, 0.05) is 15.7 Å². The number of aromatic nitrogens is 1. The molecule has 2 aromatic carbocycles. The van der Waals surface area contributed by atoms with E-state index in [-0.39, 0.29) is 0 Å². The van der Waals surface area contributed by atoms with E-state index in [0.717, 1.165) is 34.0 Å². The summed E-state index contributed by atoms with van der Waals surface area (Å²) in [5.74, 6) is 1.65. The molecule has 0 radical (unpaired) electrons. The zero-order valence-electron chi connectivity index (χ0n) is 12.3. The normalized spacial score (nSPS) is 11.2. The standard InChI is InChI=1S/C17H17ClN2OS/c1-21-16-9-12-15(10-13(16)18)20-14-6-3-2-5-11(14)17(12)22-8-4-7-19/h2-3,5-6,9-10H,4,7-8,19H2,1H3. The third-order valence-electron chi connectivity index (χ3n) is 3.50. The van der Waals surface area contributed by atoms with Gasteiger partial charge in [-0.25, -0.2) is 4.98 Å². The summed E-state index contributed by atoms with van der Waals surface area (Å²) in [6.45, 7) is 0.698. The molecule has 0 unspecified atom stereocenters. The van der Waals surface area contributed by atoms with Gasteiger partial charge in [-0.05, 0) is 36.9 Å². The molecule has 0 amide bonds. The molecule has 3 rings (SSSR count). The van der Waals surface area contributed by atoms with Crippen LogP contribution in [0.5, 0.6) is 5.75 Å². The van der Waals surface area contributed by atoms with Crippen molar-refractivity contribution in [2.24, 2.45) is 5.73 Å². The van der Waals surface area contributed by atoms with Gasteiger partial charge in [-0.2, -0.15) is 0 Å². The van der Waals surface area contributed by atoms with Gasteiger partial charge in [0.2, 0.25) is 0 Å². The van der Waals surface area contributed by atoms with Crippen molar-refractivity contribution < 1.29 is 4.74 Å². The number of fused-ring (bicyclic) bond motifs is 2. The number of para-hydroxylation sites is 1.